The molecule has 28 heavy (non-hydrogen) atoms. The van der Waals surface area contributed by atoms with Gasteiger partial charge in [0, 0.05) is 18.5 Å². The van der Waals surface area contributed by atoms with E-state index in [0.717, 1.165) is 18.4 Å². The molecular formula is C20H27N3O5. The van der Waals surface area contributed by atoms with Crippen molar-refractivity contribution >= 4 is 17.8 Å². The number of nitrogens with zero attached hydrogens (tertiary/aromatic N) is 1. The third kappa shape index (κ3) is 3.76. The Kier molecular flexibility index (Phi) is 5.76. The van der Waals surface area contributed by atoms with Gasteiger partial charge >= 0.3 is 6.03 Å². The first-order valence-electron chi connectivity index (χ1n) is 9.55. The highest BCUT2D eigenvalue weighted by Gasteiger charge is 2.52. The van der Waals surface area contributed by atoms with E-state index in [4.69, 9.17) is 9.47 Å². The molecule has 1 saturated heterocycles. The van der Waals surface area contributed by atoms with Gasteiger partial charge in [-0.3, -0.25) is 14.5 Å². The number of carbonyl (C=O) groups is 3. The number of amides is 4. The predicted molar refractivity (Wildman–Crippen MR) is 102 cm³/mol. The number of methoxy groups -OCH3 is 2. The number of hydrogen-bond donors (Lipinski definition) is 2. The van der Waals surface area contributed by atoms with E-state index in [1.807, 2.05) is 13.0 Å². The Hall–Kier alpha value is -2.77. The number of imide groups is 1. The topological polar surface area (TPSA) is 97.0 Å². The molecule has 1 aliphatic heterocycles. The summed E-state index contributed by atoms with van der Waals surface area (Å²) < 4.78 is 10.6. The Morgan fingerprint density at radius 2 is 1.96 bits per heavy atom. The molecule has 3 rings (SSSR count). The van der Waals surface area contributed by atoms with Crippen LogP contribution >= 0.6 is 0 Å². The summed E-state index contributed by atoms with van der Waals surface area (Å²) in [4.78, 5) is 38.4. The first-order chi connectivity index (χ1) is 13.4. The second-order valence-corrected chi connectivity index (χ2v) is 7.32. The van der Waals surface area contributed by atoms with Crippen molar-refractivity contribution in [3.63, 3.8) is 0 Å². The molecule has 0 radical (unpaired) electrons. The van der Waals surface area contributed by atoms with E-state index in [1.165, 1.54) is 4.90 Å². The summed E-state index contributed by atoms with van der Waals surface area (Å²) in [5.41, 5.74) is 0.0459. The third-order valence-corrected chi connectivity index (χ3v) is 5.55. The normalized spacial score (nSPS) is 18.9. The fraction of sp³-hybridized carbons (Fsp3) is 0.550. The van der Waals surface area contributed by atoms with Crippen LogP contribution in [0.1, 0.15) is 50.6 Å². The van der Waals surface area contributed by atoms with Gasteiger partial charge in [0.2, 0.25) is 5.91 Å². The molecule has 8 nitrogen and oxygen atoms in total. The Bertz CT molecular complexity index is 773. The maximum absolute atomic E-state index is 12.6. The molecular weight excluding hydrogens is 362 g/mol. The van der Waals surface area contributed by atoms with Crippen molar-refractivity contribution in [3.05, 3.63) is 23.8 Å². The lowest BCUT2D eigenvalue weighted by molar-refractivity contribution is -0.131. The molecule has 1 aliphatic carbocycles. The van der Waals surface area contributed by atoms with E-state index < -0.39 is 11.6 Å². The fourth-order valence-corrected chi connectivity index (χ4v) is 3.98. The largest absolute Gasteiger partial charge is 0.497 e. The zero-order chi connectivity index (χ0) is 20.3. The third-order valence-electron chi connectivity index (χ3n) is 5.55. The lowest BCUT2D eigenvalue weighted by Gasteiger charge is -2.20. The monoisotopic (exact) mass is 389 g/mol. The number of benzene rings is 1. The smallest absolute Gasteiger partial charge is 0.325 e. The molecule has 1 spiro atoms. The van der Waals surface area contributed by atoms with Gasteiger partial charge in [-0.1, -0.05) is 12.8 Å². The molecule has 4 amide bonds. The van der Waals surface area contributed by atoms with Gasteiger partial charge in [-0.25, -0.2) is 4.79 Å². The van der Waals surface area contributed by atoms with Crippen LogP contribution in [0, 0.1) is 0 Å². The van der Waals surface area contributed by atoms with Gasteiger partial charge < -0.3 is 20.1 Å². The van der Waals surface area contributed by atoms with Crippen LogP contribution in [0.25, 0.3) is 0 Å². The maximum atomic E-state index is 12.6. The molecule has 0 bridgehead atoms. The highest BCUT2D eigenvalue weighted by molar-refractivity contribution is 6.07. The number of carbonyl (C=O) groups excluding carboxylic acids is 3. The van der Waals surface area contributed by atoms with Crippen molar-refractivity contribution in [1.29, 1.82) is 0 Å². The zero-order valence-electron chi connectivity index (χ0n) is 16.5. The summed E-state index contributed by atoms with van der Waals surface area (Å²) in [5.74, 6) is 0.861. The minimum atomic E-state index is -0.741. The van der Waals surface area contributed by atoms with Crippen LogP contribution in [-0.4, -0.2) is 49.0 Å². The summed E-state index contributed by atoms with van der Waals surface area (Å²) in [7, 11) is 3.14. The van der Waals surface area contributed by atoms with Gasteiger partial charge in [0.25, 0.3) is 5.91 Å². The van der Waals surface area contributed by atoms with Crippen molar-refractivity contribution in [3.8, 4) is 11.5 Å². The number of hydrogen-bond acceptors (Lipinski definition) is 5. The number of urea groups is 1. The first kappa shape index (κ1) is 20.0. The van der Waals surface area contributed by atoms with Crippen LogP contribution in [0.4, 0.5) is 4.79 Å². The van der Waals surface area contributed by atoms with Crippen LogP contribution in [0.5, 0.6) is 11.5 Å². The Morgan fingerprint density at radius 3 is 2.61 bits per heavy atom. The average molecular weight is 389 g/mol. The number of nitrogens with one attached hydrogen (secondary N) is 2. The van der Waals surface area contributed by atoms with Gasteiger partial charge in [-0.2, -0.15) is 0 Å². The molecule has 1 heterocycles. The molecule has 2 aliphatic rings. The van der Waals surface area contributed by atoms with E-state index in [-0.39, 0.29) is 30.8 Å². The molecule has 1 saturated carbocycles. The first-order valence-corrected chi connectivity index (χ1v) is 9.55. The maximum Gasteiger partial charge on any atom is 0.325 e. The fourth-order valence-electron chi connectivity index (χ4n) is 3.98. The predicted octanol–water partition coefficient (Wildman–Crippen LogP) is 2.14. The minimum Gasteiger partial charge on any atom is -0.497 e. The second kappa shape index (κ2) is 8.08. The van der Waals surface area contributed by atoms with Gasteiger partial charge in [-0.15, -0.1) is 0 Å². The quantitative estimate of drug-likeness (QED) is 0.697. The lowest BCUT2D eigenvalue weighted by atomic mass is 9.98. The van der Waals surface area contributed by atoms with Crippen LogP contribution < -0.4 is 20.1 Å². The molecule has 1 aromatic rings. The number of rotatable bonds is 7. The van der Waals surface area contributed by atoms with Crippen LogP contribution in [0.2, 0.25) is 0 Å². The van der Waals surface area contributed by atoms with E-state index in [9.17, 15) is 14.4 Å². The van der Waals surface area contributed by atoms with Crippen molar-refractivity contribution in [1.82, 2.24) is 15.5 Å². The molecule has 1 atom stereocenters. The zero-order valence-corrected chi connectivity index (χ0v) is 16.5. The summed E-state index contributed by atoms with van der Waals surface area (Å²) >= 11 is 0. The lowest BCUT2D eigenvalue weighted by Crippen LogP contribution is -2.44. The molecule has 2 fully saturated rings. The van der Waals surface area contributed by atoms with E-state index in [2.05, 4.69) is 10.6 Å². The molecule has 8 heteroatoms. The SMILES string of the molecule is COc1ccc(OC)c(C(C)NC(=O)CCN2C(=O)NC3(CCCC3)C2=O)c1. The second-order valence-electron chi connectivity index (χ2n) is 7.32. The van der Waals surface area contributed by atoms with Gasteiger partial charge in [0.15, 0.2) is 0 Å². The summed E-state index contributed by atoms with van der Waals surface area (Å²) in [6.07, 6.45) is 3.26. The summed E-state index contributed by atoms with van der Waals surface area (Å²) in [5, 5.41) is 5.72. The Labute approximate surface area is 164 Å². The molecule has 0 aromatic heterocycles. The Morgan fingerprint density at radius 1 is 1.25 bits per heavy atom. The van der Waals surface area contributed by atoms with Crippen molar-refractivity contribution < 1.29 is 23.9 Å². The van der Waals surface area contributed by atoms with Crippen molar-refractivity contribution in [2.45, 2.75) is 50.6 Å². The van der Waals surface area contributed by atoms with Crippen LogP contribution in [0.3, 0.4) is 0 Å². The van der Waals surface area contributed by atoms with Gasteiger partial charge in [0.1, 0.15) is 17.0 Å². The van der Waals surface area contributed by atoms with Crippen LogP contribution in [-0.2, 0) is 9.59 Å². The number of ether oxygens (including phenoxy) is 2. The van der Waals surface area contributed by atoms with E-state index >= 15 is 0 Å². The van der Waals surface area contributed by atoms with E-state index in [1.54, 1.807) is 26.4 Å². The highest BCUT2D eigenvalue weighted by Crippen LogP contribution is 2.35. The van der Waals surface area contributed by atoms with Crippen molar-refractivity contribution in [2.24, 2.45) is 0 Å². The van der Waals surface area contributed by atoms with Gasteiger partial charge in [-0.05, 0) is 38.0 Å². The minimum absolute atomic E-state index is 0.0475. The average Bonchev–Trinajstić information content (AvgIpc) is 3.25. The van der Waals surface area contributed by atoms with Crippen LogP contribution in [0.15, 0.2) is 18.2 Å². The summed E-state index contributed by atoms with van der Waals surface area (Å²) in [6, 6.07) is 4.66. The highest BCUT2D eigenvalue weighted by atomic mass is 16.5. The Balaban J connectivity index is 1.59. The molecule has 1 aromatic carbocycles. The molecule has 1 unspecified atom stereocenters. The molecule has 152 valence electrons. The van der Waals surface area contributed by atoms with Crippen molar-refractivity contribution in [2.75, 3.05) is 20.8 Å². The summed E-state index contributed by atoms with van der Waals surface area (Å²) in [6.45, 7) is 1.91. The van der Waals surface area contributed by atoms with E-state index in [0.29, 0.717) is 24.3 Å². The van der Waals surface area contributed by atoms with Gasteiger partial charge in [0.05, 0.1) is 20.3 Å². The molecule has 2 N–H and O–H groups in total. The standard InChI is InChI=1S/C20H27N3O5/c1-13(15-12-14(27-2)6-7-16(15)28-3)21-17(24)8-11-23-18(25)20(22-19(23)26)9-4-5-10-20/h6-7,12-13H,4-5,8-11H2,1-3H3,(H,21,24)(H,22,26).